The topological polar surface area (TPSA) is 75.6 Å². The van der Waals surface area contributed by atoms with E-state index >= 15 is 0 Å². The molecule has 1 fully saturated rings. The molecule has 1 aromatic rings. The van der Waals surface area contributed by atoms with Crippen LogP contribution in [-0.4, -0.2) is 24.2 Å². The summed E-state index contributed by atoms with van der Waals surface area (Å²) in [5.41, 5.74) is 1.16. The zero-order valence-corrected chi connectivity index (χ0v) is 10.1. The highest BCUT2D eigenvalue weighted by molar-refractivity contribution is 5.92. The molecule has 0 radical (unpaired) electrons. The molecule has 0 saturated heterocycles. The second kappa shape index (κ2) is 5.08. The summed E-state index contributed by atoms with van der Waals surface area (Å²) < 4.78 is 5.07. The third kappa shape index (κ3) is 2.61. The van der Waals surface area contributed by atoms with Crippen LogP contribution in [0, 0.1) is 5.92 Å². The number of rotatable bonds is 3. The molecule has 96 valence electrons. The van der Waals surface area contributed by atoms with Gasteiger partial charge in [0, 0.05) is 5.92 Å². The minimum atomic E-state index is -1.28. The van der Waals surface area contributed by atoms with E-state index in [2.05, 4.69) is 0 Å². The lowest BCUT2D eigenvalue weighted by Gasteiger charge is -2.34. The first-order valence-corrected chi connectivity index (χ1v) is 5.78. The van der Waals surface area contributed by atoms with Gasteiger partial charge in [-0.25, -0.2) is 4.79 Å². The van der Waals surface area contributed by atoms with E-state index in [1.165, 1.54) is 0 Å². The fraction of sp³-hybridized carbons (Fsp3) is 0.385. The fourth-order valence-corrected chi connectivity index (χ4v) is 2.19. The Bertz CT molecular complexity index is 449. The molecule has 2 amide bonds. The van der Waals surface area contributed by atoms with Gasteiger partial charge < -0.3 is 9.84 Å². The van der Waals surface area contributed by atoms with Gasteiger partial charge in [-0.05, 0) is 36.5 Å². The number of benzene rings is 1. The smallest absolute Gasteiger partial charge is 0.411 e. The van der Waals surface area contributed by atoms with Crippen LogP contribution in [0.15, 0.2) is 24.3 Å². The van der Waals surface area contributed by atoms with Crippen LogP contribution in [0.3, 0.4) is 0 Å². The second-order valence-corrected chi connectivity index (χ2v) is 4.43. The first-order chi connectivity index (χ1) is 8.60. The standard InChI is InChI=1S/C13H15NO4/c1-18-11-4-2-8(3-5-11)9-6-10(7-9)12(15)14-13(16)17/h2-5,9-10H,6-7H2,1H3,(H,14,15)(H,16,17). The Morgan fingerprint density at radius 3 is 2.39 bits per heavy atom. The summed E-state index contributed by atoms with van der Waals surface area (Å²) in [5.74, 6) is 0.555. The highest BCUT2D eigenvalue weighted by atomic mass is 16.5. The van der Waals surface area contributed by atoms with Crippen LogP contribution in [0.5, 0.6) is 5.75 Å². The van der Waals surface area contributed by atoms with Gasteiger partial charge in [0.05, 0.1) is 7.11 Å². The van der Waals surface area contributed by atoms with E-state index in [1.807, 2.05) is 29.6 Å². The summed E-state index contributed by atoms with van der Waals surface area (Å²) in [5, 5.41) is 10.3. The average Bonchev–Trinajstić information content (AvgIpc) is 2.27. The molecule has 18 heavy (non-hydrogen) atoms. The first kappa shape index (κ1) is 12.4. The van der Waals surface area contributed by atoms with Crippen LogP contribution >= 0.6 is 0 Å². The minimum Gasteiger partial charge on any atom is -0.497 e. The summed E-state index contributed by atoms with van der Waals surface area (Å²) in [7, 11) is 1.62. The van der Waals surface area contributed by atoms with Gasteiger partial charge >= 0.3 is 6.09 Å². The molecule has 0 aromatic heterocycles. The molecule has 0 bridgehead atoms. The van der Waals surface area contributed by atoms with Gasteiger partial charge in [0.25, 0.3) is 0 Å². The molecule has 5 heteroatoms. The summed E-state index contributed by atoms with van der Waals surface area (Å²) in [6.07, 6.45) is 0.115. The number of hydrogen-bond acceptors (Lipinski definition) is 3. The number of methoxy groups -OCH3 is 1. The van der Waals surface area contributed by atoms with E-state index in [0.717, 1.165) is 11.3 Å². The molecule has 0 heterocycles. The van der Waals surface area contributed by atoms with E-state index in [1.54, 1.807) is 7.11 Å². The Balaban J connectivity index is 1.88. The number of carboxylic acid groups (broad SMARTS) is 1. The lowest BCUT2D eigenvalue weighted by Crippen LogP contribution is -2.40. The number of hydrogen-bond donors (Lipinski definition) is 2. The predicted octanol–water partition coefficient (Wildman–Crippen LogP) is 1.98. The van der Waals surface area contributed by atoms with Crippen molar-refractivity contribution in [2.45, 2.75) is 18.8 Å². The number of imide groups is 1. The molecule has 0 unspecified atom stereocenters. The second-order valence-electron chi connectivity index (χ2n) is 4.43. The van der Waals surface area contributed by atoms with Gasteiger partial charge in [0.1, 0.15) is 5.75 Å². The fourth-order valence-electron chi connectivity index (χ4n) is 2.19. The van der Waals surface area contributed by atoms with Crippen LogP contribution in [0.2, 0.25) is 0 Å². The molecule has 1 aliphatic rings. The van der Waals surface area contributed by atoms with Crippen molar-refractivity contribution < 1.29 is 19.4 Å². The van der Waals surface area contributed by atoms with E-state index in [-0.39, 0.29) is 5.92 Å². The Labute approximate surface area is 105 Å². The molecule has 1 aliphatic carbocycles. The SMILES string of the molecule is COc1ccc(C2CC(C(=O)NC(=O)O)C2)cc1. The lowest BCUT2D eigenvalue weighted by molar-refractivity contribution is -0.127. The molecule has 2 N–H and O–H groups in total. The van der Waals surface area contributed by atoms with Crippen LogP contribution in [0.4, 0.5) is 4.79 Å². The number of ether oxygens (including phenoxy) is 1. The number of carbonyl (C=O) groups excluding carboxylic acids is 1. The van der Waals surface area contributed by atoms with Crippen molar-refractivity contribution in [2.24, 2.45) is 5.92 Å². The van der Waals surface area contributed by atoms with Crippen LogP contribution in [0.25, 0.3) is 0 Å². The van der Waals surface area contributed by atoms with Gasteiger partial charge in [0.15, 0.2) is 0 Å². The number of amides is 2. The number of nitrogens with one attached hydrogen (secondary N) is 1. The molecule has 1 aromatic carbocycles. The van der Waals surface area contributed by atoms with Crippen molar-refractivity contribution in [3.05, 3.63) is 29.8 Å². The molecule has 5 nitrogen and oxygen atoms in total. The maximum absolute atomic E-state index is 11.4. The summed E-state index contributed by atoms with van der Waals surface area (Å²) in [6.45, 7) is 0. The zero-order valence-electron chi connectivity index (χ0n) is 10.1. The third-order valence-electron chi connectivity index (χ3n) is 3.33. The zero-order chi connectivity index (χ0) is 13.1. The van der Waals surface area contributed by atoms with Crippen molar-refractivity contribution in [3.63, 3.8) is 0 Å². The van der Waals surface area contributed by atoms with Crippen LogP contribution in [-0.2, 0) is 4.79 Å². The Morgan fingerprint density at radius 2 is 1.89 bits per heavy atom. The highest BCUT2D eigenvalue weighted by Gasteiger charge is 2.35. The van der Waals surface area contributed by atoms with Crippen LogP contribution in [0.1, 0.15) is 24.3 Å². The van der Waals surface area contributed by atoms with Crippen molar-refractivity contribution in [1.82, 2.24) is 5.32 Å². The van der Waals surface area contributed by atoms with E-state index < -0.39 is 12.0 Å². The first-order valence-electron chi connectivity index (χ1n) is 5.78. The normalized spacial score (nSPS) is 21.8. The highest BCUT2D eigenvalue weighted by Crippen LogP contribution is 2.41. The minimum absolute atomic E-state index is 0.187. The van der Waals surface area contributed by atoms with Gasteiger partial charge in [-0.15, -0.1) is 0 Å². The summed E-state index contributed by atoms with van der Waals surface area (Å²) in [4.78, 5) is 21.7. The Kier molecular flexibility index (Phi) is 3.50. The van der Waals surface area contributed by atoms with E-state index in [9.17, 15) is 9.59 Å². The van der Waals surface area contributed by atoms with Crippen molar-refractivity contribution >= 4 is 12.0 Å². The number of carbonyl (C=O) groups is 2. The van der Waals surface area contributed by atoms with Gasteiger partial charge in [-0.1, -0.05) is 12.1 Å². The third-order valence-corrected chi connectivity index (χ3v) is 3.33. The van der Waals surface area contributed by atoms with Gasteiger partial charge in [-0.3, -0.25) is 10.1 Å². The Hall–Kier alpha value is -2.04. The van der Waals surface area contributed by atoms with Gasteiger partial charge in [-0.2, -0.15) is 0 Å². The monoisotopic (exact) mass is 249 g/mol. The van der Waals surface area contributed by atoms with Crippen molar-refractivity contribution in [2.75, 3.05) is 7.11 Å². The quantitative estimate of drug-likeness (QED) is 0.858. The summed E-state index contributed by atoms with van der Waals surface area (Å²) >= 11 is 0. The largest absolute Gasteiger partial charge is 0.497 e. The van der Waals surface area contributed by atoms with E-state index in [0.29, 0.717) is 18.8 Å². The lowest BCUT2D eigenvalue weighted by atomic mass is 9.71. The maximum Gasteiger partial charge on any atom is 0.411 e. The average molecular weight is 249 g/mol. The predicted molar refractivity (Wildman–Crippen MR) is 64.6 cm³/mol. The van der Waals surface area contributed by atoms with E-state index in [4.69, 9.17) is 9.84 Å². The molecular weight excluding hydrogens is 234 g/mol. The molecule has 0 spiro atoms. The van der Waals surface area contributed by atoms with Crippen molar-refractivity contribution in [1.29, 1.82) is 0 Å². The van der Waals surface area contributed by atoms with Gasteiger partial charge in [0.2, 0.25) is 5.91 Å². The molecule has 0 atom stereocenters. The Morgan fingerprint density at radius 1 is 1.28 bits per heavy atom. The van der Waals surface area contributed by atoms with Crippen molar-refractivity contribution in [3.8, 4) is 5.75 Å². The molecule has 2 rings (SSSR count). The van der Waals surface area contributed by atoms with Crippen LogP contribution < -0.4 is 10.1 Å². The summed E-state index contributed by atoms with van der Waals surface area (Å²) in [6, 6.07) is 7.74. The maximum atomic E-state index is 11.4. The molecule has 0 aliphatic heterocycles. The molecule has 1 saturated carbocycles. The molecular formula is C13H15NO4.